The minimum Gasteiger partial charge on any atom is -0.480 e. The van der Waals surface area contributed by atoms with Crippen LogP contribution >= 0.6 is 39.9 Å². The van der Waals surface area contributed by atoms with Gasteiger partial charge in [-0.3, -0.25) is 4.99 Å². The van der Waals surface area contributed by atoms with Crippen molar-refractivity contribution in [1.82, 2.24) is 25.1 Å². The monoisotopic (exact) mass is 569 g/mol. The normalized spacial score (nSPS) is 16.0. The highest BCUT2D eigenvalue weighted by atomic mass is 127. The highest BCUT2D eigenvalue weighted by molar-refractivity contribution is 14.0. The van der Waals surface area contributed by atoms with Gasteiger partial charge in [-0.2, -0.15) is 4.98 Å². The van der Waals surface area contributed by atoms with E-state index in [2.05, 4.69) is 71.8 Å². The Labute approximate surface area is 194 Å². The van der Waals surface area contributed by atoms with E-state index in [1.165, 1.54) is 0 Å². The van der Waals surface area contributed by atoms with Crippen molar-refractivity contribution in [2.75, 3.05) is 65.4 Å². The molecule has 28 heavy (non-hydrogen) atoms. The molecule has 0 radical (unpaired) electrons. The zero-order valence-electron chi connectivity index (χ0n) is 17.5. The summed E-state index contributed by atoms with van der Waals surface area (Å²) in [6.45, 7) is 9.81. The number of likely N-dealkylation sites (N-methyl/N-ethyl adjacent to an activating group) is 1. The van der Waals surface area contributed by atoms with Crippen LogP contribution in [0, 0.1) is 0 Å². The molecular weight excluding hydrogens is 537 g/mol. The lowest BCUT2D eigenvalue weighted by Crippen LogP contribution is -2.53. The van der Waals surface area contributed by atoms with Crippen LogP contribution in [-0.4, -0.2) is 92.2 Å². The van der Waals surface area contributed by atoms with E-state index in [1.807, 2.05) is 7.05 Å². The molecular formula is C18H33BrIN7O. The number of anilines is 1. The van der Waals surface area contributed by atoms with Crippen LogP contribution in [0.25, 0.3) is 0 Å². The Morgan fingerprint density at radius 2 is 2.07 bits per heavy atom. The van der Waals surface area contributed by atoms with Crippen LogP contribution in [0.15, 0.2) is 15.7 Å². The second kappa shape index (κ2) is 12.6. The molecule has 10 heteroatoms. The van der Waals surface area contributed by atoms with Gasteiger partial charge >= 0.3 is 0 Å². The Bertz CT molecular complexity index is 626. The van der Waals surface area contributed by atoms with E-state index >= 15 is 0 Å². The number of hydrogen-bond acceptors (Lipinski definition) is 6. The highest BCUT2D eigenvalue weighted by Gasteiger charge is 2.22. The maximum Gasteiger partial charge on any atom is 0.232 e. The first-order valence-corrected chi connectivity index (χ1v) is 10.3. The molecule has 0 spiro atoms. The number of piperazine rings is 1. The smallest absolute Gasteiger partial charge is 0.232 e. The van der Waals surface area contributed by atoms with E-state index in [-0.39, 0.29) is 24.0 Å². The summed E-state index contributed by atoms with van der Waals surface area (Å²) in [5, 5.41) is 3.49. The third-order valence-electron chi connectivity index (χ3n) is 5.06. The average molecular weight is 570 g/mol. The van der Waals surface area contributed by atoms with E-state index in [0.29, 0.717) is 17.9 Å². The molecule has 160 valence electrons. The van der Waals surface area contributed by atoms with Crippen molar-refractivity contribution in [3.63, 3.8) is 0 Å². The molecule has 0 aromatic carbocycles. The van der Waals surface area contributed by atoms with Gasteiger partial charge in [-0.25, -0.2) is 4.98 Å². The largest absolute Gasteiger partial charge is 0.480 e. The minimum atomic E-state index is 0. The second-order valence-corrected chi connectivity index (χ2v) is 7.57. The third kappa shape index (κ3) is 6.87. The molecule has 1 aliphatic heterocycles. The SMILES string of the molecule is CCC(C)N(C)CCNC(=NC)N1CCN(c2ncc(Br)c(OC)n2)CC1.I. The van der Waals surface area contributed by atoms with Gasteiger partial charge in [-0.15, -0.1) is 24.0 Å². The maximum atomic E-state index is 5.27. The van der Waals surface area contributed by atoms with Crippen molar-refractivity contribution in [2.24, 2.45) is 4.99 Å². The Kier molecular flexibility index (Phi) is 11.4. The Morgan fingerprint density at radius 1 is 1.39 bits per heavy atom. The number of hydrogen-bond donors (Lipinski definition) is 1. The number of methoxy groups -OCH3 is 1. The van der Waals surface area contributed by atoms with Crippen molar-refractivity contribution in [1.29, 1.82) is 0 Å². The van der Waals surface area contributed by atoms with Crippen molar-refractivity contribution in [3.8, 4) is 5.88 Å². The van der Waals surface area contributed by atoms with Crippen molar-refractivity contribution < 1.29 is 4.74 Å². The summed E-state index contributed by atoms with van der Waals surface area (Å²) in [5.41, 5.74) is 0. The van der Waals surface area contributed by atoms with Gasteiger partial charge in [-0.05, 0) is 36.3 Å². The molecule has 0 saturated carbocycles. The minimum absolute atomic E-state index is 0. The van der Waals surface area contributed by atoms with Crippen molar-refractivity contribution in [3.05, 3.63) is 10.7 Å². The second-order valence-electron chi connectivity index (χ2n) is 6.71. The molecule has 1 saturated heterocycles. The highest BCUT2D eigenvalue weighted by Crippen LogP contribution is 2.23. The summed E-state index contributed by atoms with van der Waals surface area (Å²) >= 11 is 3.40. The molecule has 1 aliphatic rings. The predicted octanol–water partition coefficient (Wildman–Crippen LogP) is 2.29. The quantitative estimate of drug-likeness (QED) is 0.307. The lowest BCUT2D eigenvalue weighted by molar-refractivity contribution is 0.254. The molecule has 1 atom stereocenters. The maximum absolute atomic E-state index is 5.27. The Morgan fingerprint density at radius 3 is 2.64 bits per heavy atom. The molecule has 1 aromatic heterocycles. The van der Waals surface area contributed by atoms with Crippen LogP contribution in [0.1, 0.15) is 20.3 Å². The van der Waals surface area contributed by atoms with Crippen LogP contribution in [0.5, 0.6) is 5.88 Å². The molecule has 0 bridgehead atoms. The lowest BCUT2D eigenvalue weighted by Gasteiger charge is -2.36. The van der Waals surface area contributed by atoms with E-state index in [4.69, 9.17) is 4.74 Å². The number of aliphatic imine (C=N–C) groups is 1. The fourth-order valence-corrected chi connectivity index (χ4v) is 3.32. The standard InChI is InChI=1S/C18H32BrN7O.HI/c1-6-14(2)24(4)8-7-21-17(20-3)25-9-11-26(12-10-25)18-22-13-15(19)16(23-18)27-5;/h13-14H,6-12H2,1-5H3,(H,20,21);1H. The van der Waals surface area contributed by atoms with E-state index in [0.717, 1.165) is 56.1 Å². The van der Waals surface area contributed by atoms with Gasteiger partial charge in [0, 0.05) is 52.4 Å². The summed E-state index contributed by atoms with van der Waals surface area (Å²) in [6.07, 6.45) is 2.90. The van der Waals surface area contributed by atoms with Crippen LogP contribution < -0.4 is 15.0 Å². The lowest BCUT2D eigenvalue weighted by atomic mass is 10.2. The summed E-state index contributed by atoms with van der Waals surface area (Å²) < 4.78 is 6.04. The summed E-state index contributed by atoms with van der Waals surface area (Å²) in [4.78, 5) is 20.2. The van der Waals surface area contributed by atoms with E-state index in [9.17, 15) is 0 Å². The average Bonchev–Trinajstić information content (AvgIpc) is 2.71. The van der Waals surface area contributed by atoms with Crippen LogP contribution in [0.3, 0.4) is 0 Å². The Hall–Kier alpha value is -0.880. The van der Waals surface area contributed by atoms with Crippen molar-refractivity contribution in [2.45, 2.75) is 26.3 Å². The van der Waals surface area contributed by atoms with Gasteiger partial charge < -0.3 is 24.8 Å². The van der Waals surface area contributed by atoms with Gasteiger partial charge in [0.2, 0.25) is 11.8 Å². The molecule has 1 fully saturated rings. The number of aromatic nitrogens is 2. The van der Waals surface area contributed by atoms with Crippen LogP contribution in [0.4, 0.5) is 5.95 Å². The molecule has 1 aromatic rings. The topological polar surface area (TPSA) is 69.1 Å². The van der Waals surface area contributed by atoms with Gasteiger partial charge in [0.15, 0.2) is 5.96 Å². The number of nitrogens with one attached hydrogen (secondary N) is 1. The number of ether oxygens (including phenoxy) is 1. The van der Waals surface area contributed by atoms with E-state index < -0.39 is 0 Å². The fraction of sp³-hybridized carbons (Fsp3) is 0.722. The van der Waals surface area contributed by atoms with E-state index in [1.54, 1.807) is 13.3 Å². The summed E-state index contributed by atoms with van der Waals surface area (Å²) in [6, 6.07) is 0.597. The first kappa shape index (κ1) is 25.2. The van der Waals surface area contributed by atoms with Gasteiger partial charge in [0.1, 0.15) is 0 Å². The fourth-order valence-electron chi connectivity index (χ4n) is 2.96. The third-order valence-corrected chi connectivity index (χ3v) is 5.60. The number of guanidine groups is 1. The molecule has 0 amide bonds. The number of nitrogens with zero attached hydrogens (tertiary/aromatic N) is 6. The molecule has 2 heterocycles. The zero-order valence-corrected chi connectivity index (χ0v) is 21.4. The zero-order chi connectivity index (χ0) is 19.8. The van der Waals surface area contributed by atoms with Crippen LogP contribution in [-0.2, 0) is 0 Å². The number of rotatable bonds is 7. The number of halogens is 2. The summed E-state index contributed by atoms with van der Waals surface area (Å²) in [5.74, 6) is 2.22. The first-order valence-electron chi connectivity index (χ1n) is 9.47. The van der Waals surface area contributed by atoms with Gasteiger partial charge in [0.25, 0.3) is 0 Å². The van der Waals surface area contributed by atoms with Gasteiger partial charge in [-0.1, -0.05) is 6.92 Å². The first-order chi connectivity index (χ1) is 13.0. The Balaban J connectivity index is 0.00000392. The molecule has 1 N–H and O–H groups in total. The molecule has 1 unspecified atom stereocenters. The molecule has 0 aliphatic carbocycles. The van der Waals surface area contributed by atoms with Crippen molar-refractivity contribution >= 4 is 51.8 Å². The summed E-state index contributed by atoms with van der Waals surface area (Å²) in [7, 11) is 5.63. The predicted molar refractivity (Wildman–Crippen MR) is 129 cm³/mol. The van der Waals surface area contributed by atoms with Gasteiger partial charge in [0.05, 0.1) is 17.8 Å². The molecule has 8 nitrogen and oxygen atoms in total. The van der Waals surface area contributed by atoms with Crippen LogP contribution in [0.2, 0.25) is 0 Å². The molecule has 2 rings (SSSR count).